The average molecular weight is 466 g/mol. The van der Waals surface area contributed by atoms with E-state index in [9.17, 15) is 4.79 Å². The fraction of sp³-hybridized carbons (Fsp3) is 0.889. The predicted molar refractivity (Wildman–Crippen MR) is 113 cm³/mol. The molecule has 25 heavy (non-hydrogen) atoms. The molecule has 1 amide bonds. The van der Waals surface area contributed by atoms with Crippen molar-refractivity contribution in [3.05, 3.63) is 0 Å². The first-order valence-electron chi connectivity index (χ1n) is 9.29. The standard InChI is InChI=1S/C18H34N4O2.HI/c1-14(2)12-19-17(20-13-16(23)22(3)4)21-15-7-10-24-18(11-15)8-5-6-9-18;/h14-15H,5-13H2,1-4H3,(H2,19,20,21);1H. The number of carbonyl (C=O) groups excluding carboxylic acids is 1. The zero-order valence-corrected chi connectivity index (χ0v) is 18.5. The van der Waals surface area contributed by atoms with Crippen LogP contribution < -0.4 is 10.6 Å². The van der Waals surface area contributed by atoms with Crippen LogP contribution >= 0.6 is 24.0 Å². The Morgan fingerprint density at radius 3 is 2.60 bits per heavy atom. The molecule has 1 spiro atoms. The van der Waals surface area contributed by atoms with Crippen LogP contribution in [0, 0.1) is 5.92 Å². The molecule has 2 aliphatic rings. The highest BCUT2D eigenvalue weighted by Crippen LogP contribution is 2.39. The van der Waals surface area contributed by atoms with Gasteiger partial charge < -0.3 is 20.3 Å². The quantitative estimate of drug-likeness (QED) is 0.371. The Hall–Kier alpha value is -0.570. The minimum atomic E-state index is 0. The zero-order chi connectivity index (χ0) is 17.6. The van der Waals surface area contributed by atoms with Gasteiger partial charge in [0.05, 0.1) is 5.60 Å². The van der Waals surface area contributed by atoms with Crippen molar-refractivity contribution in [1.29, 1.82) is 0 Å². The van der Waals surface area contributed by atoms with Gasteiger partial charge in [-0.05, 0) is 31.6 Å². The maximum atomic E-state index is 11.8. The van der Waals surface area contributed by atoms with Crippen molar-refractivity contribution in [2.75, 3.05) is 33.8 Å². The highest BCUT2D eigenvalue weighted by molar-refractivity contribution is 14.0. The van der Waals surface area contributed by atoms with Gasteiger partial charge in [0, 0.05) is 33.3 Å². The van der Waals surface area contributed by atoms with Crippen molar-refractivity contribution in [3.8, 4) is 0 Å². The van der Waals surface area contributed by atoms with Gasteiger partial charge in [0.15, 0.2) is 5.96 Å². The second kappa shape index (κ2) is 10.5. The van der Waals surface area contributed by atoms with Crippen LogP contribution in [0.25, 0.3) is 0 Å². The average Bonchev–Trinajstić information content (AvgIpc) is 2.97. The Kier molecular flexibility index (Phi) is 9.48. The molecule has 0 radical (unpaired) electrons. The van der Waals surface area contributed by atoms with Crippen molar-refractivity contribution >= 4 is 35.8 Å². The summed E-state index contributed by atoms with van der Waals surface area (Å²) in [6, 6.07) is 0.365. The first-order valence-corrected chi connectivity index (χ1v) is 9.29. The van der Waals surface area contributed by atoms with E-state index < -0.39 is 0 Å². The maximum Gasteiger partial charge on any atom is 0.243 e. The molecule has 1 unspecified atom stereocenters. The fourth-order valence-corrected chi connectivity index (χ4v) is 3.45. The molecule has 7 heteroatoms. The number of aliphatic imine (C=N–C) groups is 1. The van der Waals surface area contributed by atoms with Crippen molar-refractivity contribution in [3.63, 3.8) is 0 Å². The van der Waals surface area contributed by atoms with Crippen molar-refractivity contribution < 1.29 is 9.53 Å². The van der Waals surface area contributed by atoms with Gasteiger partial charge >= 0.3 is 0 Å². The molecule has 0 aromatic rings. The SMILES string of the molecule is CC(C)CNC(=NCC(=O)N(C)C)NC1CCOC2(CCCC2)C1.I. The predicted octanol–water partition coefficient (Wildman–Crippen LogP) is 2.38. The van der Waals surface area contributed by atoms with Crippen LogP contribution in [0.5, 0.6) is 0 Å². The topological polar surface area (TPSA) is 66.0 Å². The highest BCUT2D eigenvalue weighted by Gasteiger charge is 2.40. The molecule has 1 saturated heterocycles. The molecule has 1 aliphatic heterocycles. The van der Waals surface area contributed by atoms with Crippen molar-refractivity contribution in [2.24, 2.45) is 10.9 Å². The molecule has 146 valence electrons. The van der Waals surface area contributed by atoms with Crippen molar-refractivity contribution in [1.82, 2.24) is 15.5 Å². The molecule has 0 aromatic heterocycles. The van der Waals surface area contributed by atoms with Crippen molar-refractivity contribution in [2.45, 2.75) is 64.0 Å². The first-order chi connectivity index (χ1) is 11.4. The number of nitrogens with one attached hydrogen (secondary N) is 2. The minimum Gasteiger partial charge on any atom is -0.375 e. The number of guanidine groups is 1. The number of hydrogen-bond donors (Lipinski definition) is 2. The number of amides is 1. The zero-order valence-electron chi connectivity index (χ0n) is 16.1. The van der Waals surface area contributed by atoms with E-state index in [1.54, 1.807) is 19.0 Å². The Morgan fingerprint density at radius 2 is 2.00 bits per heavy atom. The van der Waals surface area contributed by atoms with Crippen LogP contribution in [0.15, 0.2) is 4.99 Å². The number of likely N-dealkylation sites (N-methyl/N-ethyl adjacent to an activating group) is 1. The van der Waals surface area contributed by atoms with Crippen LogP contribution in [0.4, 0.5) is 0 Å². The summed E-state index contributed by atoms with van der Waals surface area (Å²) in [5.74, 6) is 1.29. The monoisotopic (exact) mass is 466 g/mol. The van der Waals surface area contributed by atoms with Gasteiger partial charge in [-0.15, -0.1) is 24.0 Å². The Bertz CT molecular complexity index is 448. The second-order valence-electron chi connectivity index (χ2n) is 7.80. The lowest BCUT2D eigenvalue weighted by Gasteiger charge is -2.39. The third-order valence-electron chi connectivity index (χ3n) is 4.90. The summed E-state index contributed by atoms with van der Waals surface area (Å²) < 4.78 is 6.11. The smallest absolute Gasteiger partial charge is 0.243 e. The lowest BCUT2D eigenvalue weighted by atomic mass is 9.89. The Balaban J connectivity index is 0.00000312. The van der Waals surface area contributed by atoms with E-state index in [0.717, 1.165) is 32.0 Å². The van der Waals surface area contributed by atoms with Gasteiger partial charge in [0.2, 0.25) is 5.91 Å². The summed E-state index contributed by atoms with van der Waals surface area (Å²) in [4.78, 5) is 17.9. The van der Waals surface area contributed by atoms with Crippen LogP contribution in [0.3, 0.4) is 0 Å². The molecule has 1 heterocycles. The summed E-state index contributed by atoms with van der Waals surface area (Å²) in [7, 11) is 3.52. The molecular weight excluding hydrogens is 431 g/mol. The normalized spacial score (nSPS) is 22.6. The fourth-order valence-electron chi connectivity index (χ4n) is 3.45. The summed E-state index contributed by atoms with van der Waals surface area (Å²) >= 11 is 0. The molecule has 1 saturated carbocycles. The molecule has 0 bridgehead atoms. The van der Waals surface area contributed by atoms with Gasteiger partial charge in [-0.1, -0.05) is 26.7 Å². The number of rotatable bonds is 5. The van der Waals surface area contributed by atoms with E-state index in [2.05, 4.69) is 29.5 Å². The first kappa shape index (κ1) is 22.5. The maximum absolute atomic E-state index is 11.8. The van der Waals surface area contributed by atoms with Gasteiger partial charge in [0.25, 0.3) is 0 Å². The van der Waals surface area contributed by atoms with Crippen LogP contribution in [-0.2, 0) is 9.53 Å². The molecule has 2 fully saturated rings. The molecule has 0 aromatic carbocycles. The summed E-state index contributed by atoms with van der Waals surface area (Å²) in [5.41, 5.74) is 0.0819. The molecule has 2 rings (SSSR count). The van der Waals surface area contributed by atoms with Crippen LogP contribution in [0.1, 0.15) is 52.4 Å². The number of nitrogens with zero attached hydrogens (tertiary/aromatic N) is 2. The number of carbonyl (C=O) groups is 1. The van der Waals surface area contributed by atoms with E-state index in [1.165, 1.54) is 25.7 Å². The Morgan fingerprint density at radius 1 is 1.32 bits per heavy atom. The molecule has 1 atom stereocenters. The molecule has 2 N–H and O–H groups in total. The minimum absolute atomic E-state index is 0. The summed E-state index contributed by atoms with van der Waals surface area (Å²) in [6.45, 7) is 6.16. The second-order valence-corrected chi connectivity index (χ2v) is 7.80. The van der Waals surface area contributed by atoms with E-state index >= 15 is 0 Å². The molecule has 6 nitrogen and oxygen atoms in total. The third kappa shape index (κ3) is 7.29. The van der Waals surface area contributed by atoms with E-state index in [-0.39, 0.29) is 42.0 Å². The van der Waals surface area contributed by atoms with Gasteiger partial charge in [-0.3, -0.25) is 4.79 Å². The van der Waals surface area contributed by atoms with Gasteiger partial charge in [-0.2, -0.15) is 0 Å². The number of ether oxygens (including phenoxy) is 1. The third-order valence-corrected chi connectivity index (χ3v) is 4.90. The summed E-state index contributed by atoms with van der Waals surface area (Å²) in [5, 5.41) is 6.91. The number of hydrogen-bond acceptors (Lipinski definition) is 3. The largest absolute Gasteiger partial charge is 0.375 e. The lowest BCUT2D eigenvalue weighted by molar-refractivity contribution is -0.127. The summed E-state index contributed by atoms with van der Waals surface area (Å²) in [6.07, 6.45) is 6.93. The van der Waals surface area contributed by atoms with Gasteiger partial charge in [0.1, 0.15) is 6.54 Å². The van der Waals surface area contributed by atoms with Crippen LogP contribution in [-0.4, -0.2) is 62.2 Å². The van der Waals surface area contributed by atoms with E-state index in [0.29, 0.717) is 12.0 Å². The van der Waals surface area contributed by atoms with Crippen LogP contribution in [0.2, 0.25) is 0 Å². The number of halogens is 1. The lowest BCUT2D eigenvalue weighted by Crippen LogP contribution is -2.51. The van der Waals surface area contributed by atoms with E-state index in [1.807, 2.05) is 0 Å². The molecular formula is C18H35IN4O2. The Labute approximate surface area is 169 Å². The van der Waals surface area contributed by atoms with E-state index in [4.69, 9.17) is 4.74 Å². The molecule has 1 aliphatic carbocycles. The van der Waals surface area contributed by atoms with Gasteiger partial charge in [-0.25, -0.2) is 4.99 Å². The highest BCUT2D eigenvalue weighted by atomic mass is 127.